The molecule has 0 saturated heterocycles. The highest BCUT2D eigenvalue weighted by Crippen LogP contribution is 2.29. The Labute approximate surface area is 185 Å². The van der Waals surface area contributed by atoms with Gasteiger partial charge in [-0.25, -0.2) is 15.5 Å². The fourth-order valence-corrected chi connectivity index (χ4v) is 4.04. The first-order valence-electron chi connectivity index (χ1n) is 10.4. The lowest BCUT2D eigenvalue weighted by Crippen LogP contribution is -2.30. The zero-order chi connectivity index (χ0) is 22.8. The molecule has 0 aliphatic heterocycles. The fraction of sp³-hybridized carbons (Fsp3) is 0.208. The summed E-state index contributed by atoms with van der Waals surface area (Å²) >= 11 is 0. The molecule has 3 N–H and O–H groups in total. The molecule has 2 aromatic heterocycles. The van der Waals surface area contributed by atoms with Crippen LogP contribution in [0.15, 0.2) is 59.7 Å². The highest BCUT2D eigenvalue weighted by atomic mass is 19.2. The van der Waals surface area contributed by atoms with Crippen LogP contribution >= 0.6 is 0 Å². The van der Waals surface area contributed by atoms with Crippen LogP contribution in [0, 0.1) is 13.8 Å². The molecule has 2 aromatic carbocycles. The van der Waals surface area contributed by atoms with Gasteiger partial charge in [0.05, 0.1) is 17.6 Å². The Morgan fingerprint density at radius 1 is 1.09 bits per heavy atom. The van der Waals surface area contributed by atoms with Gasteiger partial charge < -0.3 is 10.6 Å². The number of nitrogens with one attached hydrogen (secondary N) is 1. The molecule has 0 unspecified atom stereocenters. The van der Waals surface area contributed by atoms with E-state index in [2.05, 4.69) is 9.97 Å². The first kappa shape index (κ1) is 21.3. The predicted octanol–water partition coefficient (Wildman–Crippen LogP) is 4.30. The first-order valence-corrected chi connectivity index (χ1v) is 10.4. The van der Waals surface area contributed by atoms with E-state index in [1.165, 1.54) is 6.33 Å². The molecule has 2 heterocycles. The maximum atomic E-state index is 13.7. The molecule has 0 amide bonds. The lowest BCUT2D eigenvalue weighted by molar-refractivity contribution is 0.615. The lowest BCUT2D eigenvalue weighted by atomic mass is 10.0. The van der Waals surface area contributed by atoms with E-state index in [0.717, 1.165) is 27.9 Å². The molecule has 0 fully saturated rings. The maximum Gasteiger partial charge on any atom is 0.263 e. The van der Waals surface area contributed by atoms with Crippen molar-refractivity contribution in [2.45, 2.75) is 27.3 Å². The third kappa shape index (κ3) is 3.64. The Morgan fingerprint density at radius 2 is 1.84 bits per heavy atom. The number of halogens is 1. The van der Waals surface area contributed by atoms with Crippen molar-refractivity contribution in [2.24, 2.45) is 0 Å². The summed E-state index contributed by atoms with van der Waals surface area (Å²) in [5.74, 6) is 0.344. The van der Waals surface area contributed by atoms with Crippen molar-refractivity contribution in [1.29, 1.82) is 0 Å². The van der Waals surface area contributed by atoms with Gasteiger partial charge in [-0.1, -0.05) is 36.4 Å². The van der Waals surface area contributed by atoms with Crippen molar-refractivity contribution in [3.63, 3.8) is 0 Å². The third-order valence-corrected chi connectivity index (χ3v) is 5.67. The molecule has 0 aliphatic carbocycles. The van der Waals surface area contributed by atoms with E-state index < -0.39 is 0 Å². The van der Waals surface area contributed by atoms with E-state index in [1.807, 2.05) is 74.2 Å². The first-order chi connectivity index (χ1) is 15.5. The number of para-hydroxylation sites is 1. The molecule has 0 spiro atoms. The summed E-state index contributed by atoms with van der Waals surface area (Å²) in [4.78, 5) is 23.7. The van der Waals surface area contributed by atoms with Crippen LogP contribution in [0.3, 0.4) is 0 Å². The molecule has 164 valence electrons. The van der Waals surface area contributed by atoms with Crippen molar-refractivity contribution in [3.8, 4) is 5.69 Å². The van der Waals surface area contributed by atoms with E-state index in [0.29, 0.717) is 24.3 Å². The second kappa shape index (κ2) is 8.66. The number of aromatic nitrogens is 3. The highest BCUT2D eigenvalue weighted by molar-refractivity contribution is 5.85. The van der Waals surface area contributed by atoms with Gasteiger partial charge in [-0.2, -0.15) is 0 Å². The maximum absolute atomic E-state index is 13.7. The number of aryl methyl sites for hydroxylation is 2. The Balaban J connectivity index is 1.96. The van der Waals surface area contributed by atoms with Crippen molar-refractivity contribution < 1.29 is 4.48 Å². The molecule has 8 heteroatoms. The molecular formula is C24H25FN6O. The molecule has 0 saturated carbocycles. The standard InChI is InChI=1S/C24H25FN6O/c1-4-30(23-21(29-25)22(26)27-14-28-23)13-18-12-17-10-7-9-16(3)20(17)24(32)31(18)19-11-6-5-8-15(19)2/h5-12,14,29H,4,13H2,1-3H3,(H2,26,27,28). The number of anilines is 3. The number of hydrogen-bond acceptors (Lipinski definition) is 6. The number of pyridine rings is 1. The van der Waals surface area contributed by atoms with E-state index in [1.54, 1.807) is 10.1 Å². The average molecular weight is 433 g/mol. The third-order valence-electron chi connectivity index (χ3n) is 5.67. The van der Waals surface area contributed by atoms with Crippen LogP contribution in [-0.2, 0) is 6.54 Å². The van der Waals surface area contributed by atoms with E-state index >= 15 is 0 Å². The molecule has 4 aromatic rings. The van der Waals surface area contributed by atoms with E-state index in [4.69, 9.17) is 5.73 Å². The smallest absolute Gasteiger partial charge is 0.263 e. The number of fused-ring (bicyclic) bond motifs is 1. The fourth-order valence-electron chi connectivity index (χ4n) is 4.04. The molecule has 0 atom stereocenters. The Morgan fingerprint density at radius 3 is 2.56 bits per heavy atom. The average Bonchev–Trinajstić information content (AvgIpc) is 2.78. The molecule has 7 nitrogen and oxygen atoms in total. The quantitative estimate of drug-likeness (QED) is 0.442. The number of rotatable bonds is 6. The van der Waals surface area contributed by atoms with Crippen molar-refractivity contribution >= 4 is 28.1 Å². The SMILES string of the molecule is CCN(Cc1cc2cccc(C)c2c(=O)n1-c1ccccc1C)c1ncnc(N)c1NF. The number of nitrogens with two attached hydrogens (primary N) is 1. The molecule has 0 aliphatic rings. The van der Waals surface area contributed by atoms with Gasteiger partial charge in [0.1, 0.15) is 6.33 Å². The topological polar surface area (TPSA) is 89.1 Å². The van der Waals surface area contributed by atoms with Gasteiger partial charge in [0.25, 0.3) is 5.56 Å². The normalized spacial score (nSPS) is 11.0. The summed E-state index contributed by atoms with van der Waals surface area (Å²) in [5, 5.41) is 1.54. The van der Waals surface area contributed by atoms with Crippen LogP contribution in [0.2, 0.25) is 0 Å². The monoisotopic (exact) mass is 432 g/mol. The molecule has 4 rings (SSSR count). The van der Waals surface area contributed by atoms with Crippen LogP contribution in [0.1, 0.15) is 23.7 Å². The Kier molecular flexibility index (Phi) is 5.77. The van der Waals surface area contributed by atoms with Crippen molar-refractivity contribution in [1.82, 2.24) is 14.5 Å². The van der Waals surface area contributed by atoms with Crippen LogP contribution < -0.4 is 21.7 Å². The van der Waals surface area contributed by atoms with E-state index in [-0.39, 0.29) is 17.1 Å². The van der Waals surface area contributed by atoms with Gasteiger partial charge in [-0.05, 0) is 49.4 Å². The minimum absolute atomic E-state index is 0.00997. The van der Waals surface area contributed by atoms with Gasteiger partial charge in [-0.3, -0.25) is 9.36 Å². The van der Waals surface area contributed by atoms with Gasteiger partial charge in [0, 0.05) is 12.2 Å². The van der Waals surface area contributed by atoms with Crippen molar-refractivity contribution in [3.05, 3.63) is 82.0 Å². The van der Waals surface area contributed by atoms with Crippen LogP contribution in [0.25, 0.3) is 16.5 Å². The highest BCUT2D eigenvalue weighted by Gasteiger charge is 2.20. The van der Waals surface area contributed by atoms with Crippen LogP contribution in [0.4, 0.5) is 21.8 Å². The summed E-state index contributed by atoms with van der Waals surface area (Å²) in [7, 11) is 0. The van der Waals surface area contributed by atoms with Gasteiger partial charge in [-0.15, -0.1) is 4.48 Å². The second-order valence-electron chi connectivity index (χ2n) is 7.67. The van der Waals surface area contributed by atoms with Crippen molar-refractivity contribution in [2.75, 3.05) is 22.7 Å². The van der Waals surface area contributed by atoms with Gasteiger partial charge >= 0.3 is 0 Å². The van der Waals surface area contributed by atoms with Crippen LogP contribution in [-0.4, -0.2) is 21.1 Å². The van der Waals surface area contributed by atoms with E-state index in [9.17, 15) is 9.28 Å². The minimum Gasteiger partial charge on any atom is -0.382 e. The van der Waals surface area contributed by atoms with Gasteiger partial charge in [0.15, 0.2) is 17.3 Å². The lowest BCUT2D eigenvalue weighted by Gasteiger charge is -2.26. The Bertz CT molecular complexity index is 1350. The number of nitrogen functional groups attached to an aromatic ring is 1. The van der Waals surface area contributed by atoms with Crippen LogP contribution in [0.5, 0.6) is 0 Å². The number of nitrogens with zero attached hydrogens (tertiary/aromatic N) is 4. The zero-order valence-electron chi connectivity index (χ0n) is 18.3. The summed E-state index contributed by atoms with van der Waals surface area (Å²) in [5.41, 5.74) is 10.8. The predicted molar refractivity (Wildman–Crippen MR) is 127 cm³/mol. The second-order valence-corrected chi connectivity index (χ2v) is 7.67. The zero-order valence-corrected chi connectivity index (χ0v) is 18.3. The minimum atomic E-state index is -0.0907. The summed E-state index contributed by atoms with van der Waals surface area (Å²) < 4.78 is 15.2. The number of benzene rings is 2. The molecule has 0 bridgehead atoms. The summed E-state index contributed by atoms with van der Waals surface area (Å²) in [6, 6.07) is 15.6. The summed E-state index contributed by atoms with van der Waals surface area (Å²) in [6.45, 7) is 6.67. The molecule has 32 heavy (non-hydrogen) atoms. The molecular weight excluding hydrogens is 407 g/mol. The largest absolute Gasteiger partial charge is 0.382 e. The number of hydrogen-bond donors (Lipinski definition) is 2. The Hall–Kier alpha value is -3.94. The molecule has 0 radical (unpaired) electrons. The van der Waals surface area contributed by atoms with Gasteiger partial charge in [0.2, 0.25) is 0 Å². The summed E-state index contributed by atoms with van der Waals surface area (Å²) in [6.07, 6.45) is 1.30.